The van der Waals surface area contributed by atoms with E-state index in [1.165, 1.54) is 0 Å². The Kier molecular flexibility index (Phi) is 5.68. The third-order valence-electron chi connectivity index (χ3n) is 2.32. The van der Waals surface area contributed by atoms with E-state index in [0.29, 0.717) is 0 Å². The molecule has 78 valence electrons. The van der Waals surface area contributed by atoms with Gasteiger partial charge in [-0.1, -0.05) is 42.5 Å². The van der Waals surface area contributed by atoms with Gasteiger partial charge in [0, 0.05) is 0 Å². The van der Waals surface area contributed by atoms with E-state index < -0.39 is 6.10 Å². The van der Waals surface area contributed by atoms with E-state index in [0.717, 1.165) is 11.1 Å². The molecule has 0 aromatic heterocycles. The summed E-state index contributed by atoms with van der Waals surface area (Å²) in [6.45, 7) is 0. The van der Waals surface area contributed by atoms with Gasteiger partial charge >= 0.3 is 51.4 Å². The van der Waals surface area contributed by atoms with Gasteiger partial charge in [-0.15, -0.1) is 0 Å². The molecular weight excluding hydrogens is 227 g/mol. The number of aliphatic hydroxyl groups excluding tert-OH is 1. The van der Waals surface area contributed by atoms with Crippen molar-refractivity contribution in [3.63, 3.8) is 0 Å². The Morgan fingerprint density at radius 3 is 1.88 bits per heavy atom. The van der Waals surface area contributed by atoms with Crippen molar-refractivity contribution < 1.29 is 63.0 Å². The minimum Gasteiger partial charge on any atom is -1.00 e. The quantitative estimate of drug-likeness (QED) is 0.701. The summed E-state index contributed by atoms with van der Waals surface area (Å²) < 4.78 is 0. The summed E-state index contributed by atoms with van der Waals surface area (Å²) >= 11 is 0. The summed E-state index contributed by atoms with van der Waals surface area (Å²) in [5, 5.41) is 19.1. The van der Waals surface area contributed by atoms with E-state index in [2.05, 4.69) is 0 Å². The van der Waals surface area contributed by atoms with Crippen molar-refractivity contribution in [2.45, 2.75) is 6.10 Å². The first kappa shape index (κ1) is 13.9. The molecule has 0 radical (unpaired) electrons. The Morgan fingerprint density at radius 2 is 1.31 bits per heavy atom. The molecule has 2 aromatic rings. The van der Waals surface area contributed by atoms with E-state index in [4.69, 9.17) is 5.11 Å². The smallest absolute Gasteiger partial charge is 1.00 e. The number of rotatable bonds is 2. The van der Waals surface area contributed by atoms with Crippen LogP contribution in [0, 0.1) is 0 Å². The molecule has 0 aliphatic carbocycles. The normalized spacial score (nSPS) is 11.6. The zero-order chi connectivity index (χ0) is 10.7. The topological polar surface area (TPSA) is 40.5 Å². The molecule has 3 heteroatoms. The number of hydrogen-bond donors (Lipinski definition) is 2. The Hall–Kier alpha value is -0.164. The van der Waals surface area contributed by atoms with Crippen molar-refractivity contribution >= 4 is 0 Å². The van der Waals surface area contributed by atoms with E-state index in [1.807, 2.05) is 30.3 Å². The third kappa shape index (κ3) is 3.42. The monoisotopic (exact) mass is 240 g/mol. The van der Waals surface area contributed by atoms with Gasteiger partial charge in [-0.3, -0.25) is 0 Å². The summed E-state index contributed by atoms with van der Waals surface area (Å²) in [4.78, 5) is 0. The van der Waals surface area contributed by atoms with E-state index in [1.54, 1.807) is 24.3 Å². The van der Waals surface area contributed by atoms with Crippen LogP contribution in [0.15, 0.2) is 54.6 Å². The van der Waals surface area contributed by atoms with Crippen LogP contribution in [0.25, 0.3) is 0 Å². The number of hydrogen-bond acceptors (Lipinski definition) is 2. The number of phenolic OH excluding ortho intramolecular Hbond substituents is 1. The average Bonchev–Trinajstić information content (AvgIpc) is 2.30. The van der Waals surface area contributed by atoms with Crippen LogP contribution in [0.4, 0.5) is 0 Å². The zero-order valence-corrected chi connectivity index (χ0v) is 12.3. The van der Waals surface area contributed by atoms with Crippen LogP contribution in [-0.2, 0) is 0 Å². The van der Waals surface area contributed by atoms with Crippen LogP contribution < -0.4 is 51.4 Å². The standard InChI is InChI=1S/C13H12O2.K.H/c14-12-8-6-11(7-9-12)13(15)10-4-2-1-3-5-10;;/h1-9,13-15H;;/q;+1;-1. The van der Waals surface area contributed by atoms with Crippen molar-refractivity contribution in [2.75, 3.05) is 0 Å². The van der Waals surface area contributed by atoms with Gasteiger partial charge in [0.2, 0.25) is 0 Å². The van der Waals surface area contributed by atoms with Crippen molar-refractivity contribution in [1.29, 1.82) is 0 Å². The fourth-order valence-electron chi connectivity index (χ4n) is 1.48. The molecule has 0 amide bonds. The molecule has 0 saturated heterocycles. The fraction of sp³-hybridized carbons (Fsp3) is 0.0769. The molecule has 0 fully saturated rings. The molecule has 0 aliphatic heterocycles. The Balaban J connectivity index is 0.00000128. The molecule has 1 atom stereocenters. The predicted octanol–water partition coefficient (Wildman–Crippen LogP) is -0.410. The first-order valence-corrected chi connectivity index (χ1v) is 4.79. The van der Waals surface area contributed by atoms with Crippen LogP contribution in [0.2, 0.25) is 0 Å². The maximum atomic E-state index is 10.0. The minimum absolute atomic E-state index is 0. The van der Waals surface area contributed by atoms with Gasteiger partial charge in [-0.2, -0.15) is 0 Å². The summed E-state index contributed by atoms with van der Waals surface area (Å²) in [7, 11) is 0. The Labute approximate surface area is 139 Å². The molecule has 0 saturated carbocycles. The summed E-state index contributed by atoms with van der Waals surface area (Å²) in [5.41, 5.74) is 1.63. The summed E-state index contributed by atoms with van der Waals surface area (Å²) in [6.07, 6.45) is -0.633. The van der Waals surface area contributed by atoms with Gasteiger partial charge < -0.3 is 11.6 Å². The first-order chi connectivity index (χ1) is 7.27. The van der Waals surface area contributed by atoms with Gasteiger partial charge in [-0.05, 0) is 23.3 Å². The van der Waals surface area contributed by atoms with Gasteiger partial charge in [0.05, 0.1) is 0 Å². The van der Waals surface area contributed by atoms with E-state index in [-0.39, 0.29) is 58.6 Å². The van der Waals surface area contributed by atoms with Crippen molar-refractivity contribution in [3.05, 3.63) is 65.7 Å². The van der Waals surface area contributed by atoms with Crippen molar-refractivity contribution in [1.82, 2.24) is 0 Å². The van der Waals surface area contributed by atoms with Crippen molar-refractivity contribution in [3.8, 4) is 5.75 Å². The largest absolute Gasteiger partial charge is 1.00 e. The molecule has 0 bridgehead atoms. The average molecular weight is 240 g/mol. The summed E-state index contributed by atoms with van der Waals surface area (Å²) in [5.74, 6) is 0.207. The number of benzene rings is 2. The van der Waals surface area contributed by atoms with Crippen LogP contribution in [-0.4, -0.2) is 10.2 Å². The molecular formula is C13H13KO2. The molecule has 0 aliphatic rings. The fourth-order valence-corrected chi connectivity index (χ4v) is 1.48. The Morgan fingerprint density at radius 1 is 0.812 bits per heavy atom. The van der Waals surface area contributed by atoms with Crippen LogP contribution in [0.1, 0.15) is 18.7 Å². The molecule has 0 heterocycles. The molecule has 2 aromatic carbocycles. The minimum atomic E-state index is -0.633. The van der Waals surface area contributed by atoms with Crippen LogP contribution in [0.3, 0.4) is 0 Å². The molecule has 1 unspecified atom stereocenters. The second kappa shape index (κ2) is 6.54. The second-order valence-corrected chi connectivity index (χ2v) is 3.40. The maximum absolute atomic E-state index is 10.0. The van der Waals surface area contributed by atoms with Crippen molar-refractivity contribution in [2.24, 2.45) is 0 Å². The number of aromatic hydroxyl groups is 1. The van der Waals surface area contributed by atoms with Crippen LogP contribution >= 0.6 is 0 Å². The molecule has 2 nitrogen and oxygen atoms in total. The molecule has 0 spiro atoms. The second-order valence-electron chi connectivity index (χ2n) is 3.40. The number of aliphatic hydroxyl groups is 1. The first-order valence-electron chi connectivity index (χ1n) is 4.79. The Bertz CT molecular complexity index is 431. The number of phenols is 1. The summed E-state index contributed by atoms with van der Waals surface area (Å²) in [6, 6.07) is 16.0. The third-order valence-corrected chi connectivity index (χ3v) is 2.32. The van der Waals surface area contributed by atoms with Gasteiger partial charge in [-0.25, -0.2) is 0 Å². The van der Waals surface area contributed by atoms with Crippen LogP contribution in [0.5, 0.6) is 5.75 Å². The van der Waals surface area contributed by atoms with Gasteiger partial charge in [0.15, 0.2) is 0 Å². The van der Waals surface area contributed by atoms with E-state index >= 15 is 0 Å². The van der Waals surface area contributed by atoms with E-state index in [9.17, 15) is 5.11 Å². The van der Waals surface area contributed by atoms with Gasteiger partial charge in [0.25, 0.3) is 0 Å². The molecule has 2 N–H and O–H groups in total. The molecule has 16 heavy (non-hydrogen) atoms. The molecule has 2 rings (SSSR count). The predicted molar refractivity (Wildman–Crippen MR) is 59.7 cm³/mol. The maximum Gasteiger partial charge on any atom is 1.00 e. The SMILES string of the molecule is Oc1ccc(C(O)c2ccccc2)cc1.[H-].[K+]. The van der Waals surface area contributed by atoms with Gasteiger partial charge in [0.1, 0.15) is 11.9 Å². The zero-order valence-electron chi connectivity index (χ0n) is 10.2.